The van der Waals surface area contributed by atoms with Gasteiger partial charge in [-0.3, -0.25) is 10.2 Å². The van der Waals surface area contributed by atoms with Crippen LogP contribution in [0.15, 0.2) is 67.0 Å². The number of nitrogens with one attached hydrogen (secondary N) is 2. The first-order valence-electron chi connectivity index (χ1n) is 9.47. The van der Waals surface area contributed by atoms with E-state index in [1.165, 1.54) is 17.5 Å². The molecule has 0 radical (unpaired) electrons. The fraction of sp³-hybridized carbons (Fsp3) is 0.182. The second-order valence-electron chi connectivity index (χ2n) is 5.98. The van der Waals surface area contributed by atoms with Crippen LogP contribution in [0.3, 0.4) is 0 Å². The predicted octanol–water partition coefficient (Wildman–Crippen LogP) is -0.986. The van der Waals surface area contributed by atoms with Gasteiger partial charge < -0.3 is 5.48 Å². The van der Waals surface area contributed by atoms with E-state index >= 15 is 0 Å². The minimum absolute atomic E-state index is 0. The molecule has 4 aromatic rings. The van der Waals surface area contributed by atoms with Gasteiger partial charge in [-0.05, 0) is 11.1 Å². The maximum Gasteiger partial charge on any atom is 1.00 e. The van der Waals surface area contributed by atoms with Gasteiger partial charge in [-0.1, -0.05) is 67.6 Å². The summed E-state index contributed by atoms with van der Waals surface area (Å²) in [5.41, 5.74) is 2.50. The average Bonchev–Trinajstić information content (AvgIpc) is 3.49. The molecule has 2 heterocycles. The van der Waals surface area contributed by atoms with Crippen LogP contribution in [0.5, 0.6) is 0 Å². The molecule has 12 heteroatoms. The summed E-state index contributed by atoms with van der Waals surface area (Å²) in [5.74, 6) is 2.73. The van der Waals surface area contributed by atoms with Gasteiger partial charge in [-0.2, -0.15) is 29.4 Å². The fourth-order valence-electron chi connectivity index (χ4n) is 2.47. The second-order valence-corrected chi connectivity index (χ2v) is 5.98. The molecule has 2 aromatic carbocycles. The van der Waals surface area contributed by atoms with E-state index in [4.69, 9.17) is 19.2 Å². The maximum atomic E-state index is 8.12. The van der Waals surface area contributed by atoms with E-state index in [1.54, 1.807) is 0 Å². The summed E-state index contributed by atoms with van der Waals surface area (Å²) in [6.45, 7) is 2.05. The smallest absolute Gasteiger partial charge is 0.870 e. The molecule has 11 nitrogen and oxygen atoms in total. The number of aryl methyl sites for hydroxylation is 1. The third kappa shape index (κ3) is 14.2. The molecule has 4 rings (SSSR count). The predicted molar refractivity (Wildman–Crippen MR) is 113 cm³/mol. The van der Waals surface area contributed by atoms with Crippen LogP contribution >= 0.6 is 0 Å². The Morgan fingerprint density at radius 3 is 1.62 bits per heavy atom. The standard InChI is InChI=1S/C11H13N3.C9H9N3.2CO2.Li.H2O/c1-2-10-12-11(14-13-10)8-9-6-4-3-5-7-9;1-2-4-8(5-3-1)6-9-10-7-11-12-9;2*2-1-3;;/h3-7H,2,8H2,1H3,(H,12,13,14);1-5,7H,6H2,(H,10,11,12);;;;1H2/q;;;;+1;/p-1. The Morgan fingerprint density at radius 1 is 0.765 bits per heavy atom. The number of aromatic amines is 2. The monoisotopic (exact) mass is 458 g/mol. The molecular weight excluding hydrogens is 435 g/mol. The first-order valence-corrected chi connectivity index (χ1v) is 9.47. The summed E-state index contributed by atoms with van der Waals surface area (Å²) in [4.78, 5) is 40.9. The van der Waals surface area contributed by atoms with Gasteiger partial charge in [0.1, 0.15) is 23.8 Å². The van der Waals surface area contributed by atoms with Gasteiger partial charge in [0, 0.05) is 19.3 Å². The number of hydrogen-bond donors (Lipinski definition) is 2. The number of benzene rings is 2. The van der Waals surface area contributed by atoms with E-state index in [9.17, 15) is 0 Å². The number of H-pyrrole nitrogens is 2. The van der Waals surface area contributed by atoms with Crippen molar-refractivity contribution in [1.29, 1.82) is 0 Å². The average molecular weight is 458 g/mol. The third-order valence-corrected chi connectivity index (χ3v) is 3.79. The Balaban J connectivity index is 0. The first kappa shape index (κ1) is 32.2. The normalized spacial score (nSPS) is 8.26. The zero-order valence-corrected chi connectivity index (χ0v) is 18.8. The largest absolute Gasteiger partial charge is 1.00 e. The van der Waals surface area contributed by atoms with E-state index in [-0.39, 0.29) is 36.6 Å². The molecule has 0 aliphatic carbocycles. The molecule has 172 valence electrons. The van der Waals surface area contributed by atoms with Crippen molar-refractivity contribution >= 4 is 12.3 Å². The zero-order chi connectivity index (χ0) is 23.4. The van der Waals surface area contributed by atoms with Crippen LogP contribution in [0.4, 0.5) is 0 Å². The van der Waals surface area contributed by atoms with Crippen molar-refractivity contribution in [2.45, 2.75) is 26.2 Å². The minimum atomic E-state index is 0. The van der Waals surface area contributed by atoms with Crippen molar-refractivity contribution in [3.8, 4) is 0 Å². The van der Waals surface area contributed by atoms with Crippen molar-refractivity contribution in [3.05, 3.63) is 95.6 Å². The molecule has 0 saturated heterocycles. The summed E-state index contributed by atoms with van der Waals surface area (Å²) < 4.78 is 0. The third-order valence-electron chi connectivity index (χ3n) is 3.79. The first-order chi connectivity index (χ1) is 15.7. The molecule has 0 unspecified atom stereocenters. The molecule has 0 saturated carbocycles. The van der Waals surface area contributed by atoms with Gasteiger partial charge >= 0.3 is 31.2 Å². The molecule has 0 aliphatic rings. The molecule has 0 amide bonds. The van der Waals surface area contributed by atoms with Crippen LogP contribution < -0.4 is 18.9 Å². The fourth-order valence-corrected chi connectivity index (χ4v) is 2.47. The SMILES string of the molecule is CCc1n[nH]c(Cc2ccccc2)n1.O=C=O.O=C=O.[Li+].[OH-].c1ccc(Cc2ncn[nH]2)cc1. The van der Waals surface area contributed by atoms with Crippen LogP contribution in [-0.2, 0) is 38.4 Å². The molecule has 0 aliphatic heterocycles. The van der Waals surface area contributed by atoms with E-state index in [0.29, 0.717) is 0 Å². The van der Waals surface area contributed by atoms with Gasteiger partial charge in [0.25, 0.3) is 0 Å². The number of nitrogens with zero attached hydrogens (tertiary/aromatic N) is 4. The van der Waals surface area contributed by atoms with Crippen LogP contribution in [0.25, 0.3) is 0 Å². The molecule has 3 N–H and O–H groups in total. The quantitative estimate of drug-likeness (QED) is 0.355. The molecule has 34 heavy (non-hydrogen) atoms. The number of hydrogen-bond acceptors (Lipinski definition) is 9. The Morgan fingerprint density at radius 2 is 1.24 bits per heavy atom. The van der Waals surface area contributed by atoms with Crippen LogP contribution in [0.1, 0.15) is 35.5 Å². The van der Waals surface area contributed by atoms with Crippen molar-refractivity contribution in [2.75, 3.05) is 0 Å². The molecule has 0 fully saturated rings. The van der Waals surface area contributed by atoms with E-state index in [1.807, 2.05) is 36.4 Å². The van der Waals surface area contributed by atoms with Crippen LogP contribution in [-0.4, -0.2) is 48.1 Å². The summed E-state index contributed by atoms with van der Waals surface area (Å²) in [6.07, 6.45) is 4.55. The van der Waals surface area contributed by atoms with Crippen LogP contribution in [0.2, 0.25) is 0 Å². The molecular formula is C22H23LiN6O5. The summed E-state index contributed by atoms with van der Waals surface area (Å²) >= 11 is 0. The Hall–Kier alpha value is -3.96. The van der Waals surface area contributed by atoms with E-state index < -0.39 is 0 Å². The van der Waals surface area contributed by atoms with Gasteiger partial charge in [0.05, 0.1) is 0 Å². The molecule has 0 bridgehead atoms. The Labute approximate surface area is 207 Å². The number of carbonyl (C=O) groups excluding carboxylic acids is 4. The summed E-state index contributed by atoms with van der Waals surface area (Å²) in [5, 5.41) is 13.6. The van der Waals surface area contributed by atoms with E-state index in [0.717, 1.165) is 36.7 Å². The van der Waals surface area contributed by atoms with Crippen LogP contribution in [0, 0.1) is 0 Å². The van der Waals surface area contributed by atoms with Crippen molar-refractivity contribution in [1.82, 2.24) is 30.4 Å². The van der Waals surface area contributed by atoms with Gasteiger partial charge in [-0.15, -0.1) is 0 Å². The summed E-state index contributed by atoms with van der Waals surface area (Å²) in [7, 11) is 0. The summed E-state index contributed by atoms with van der Waals surface area (Å²) in [6, 6.07) is 20.5. The van der Waals surface area contributed by atoms with Gasteiger partial charge in [0.2, 0.25) is 0 Å². The second kappa shape index (κ2) is 20.9. The maximum absolute atomic E-state index is 8.12. The Kier molecular flexibility index (Phi) is 19.8. The minimum Gasteiger partial charge on any atom is -0.870 e. The van der Waals surface area contributed by atoms with Crippen molar-refractivity contribution < 1.29 is 43.5 Å². The van der Waals surface area contributed by atoms with Crippen molar-refractivity contribution in [2.24, 2.45) is 0 Å². The van der Waals surface area contributed by atoms with Gasteiger partial charge in [-0.25, -0.2) is 9.97 Å². The number of rotatable bonds is 5. The molecule has 2 aromatic heterocycles. The number of aromatic nitrogens is 6. The molecule has 0 spiro atoms. The molecule has 0 atom stereocenters. The van der Waals surface area contributed by atoms with E-state index in [2.05, 4.69) is 61.6 Å². The Bertz CT molecular complexity index is 1050. The van der Waals surface area contributed by atoms with Crippen molar-refractivity contribution in [3.63, 3.8) is 0 Å². The van der Waals surface area contributed by atoms with Gasteiger partial charge in [0.15, 0.2) is 0 Å². The topological polar surface area (TPSA) is 181 Å². The zero-order valence-electron chi connectivity index (χ0n) is 18.8.